The predicted octanol–water partition coefficient (Wildman–Crippen LogP) is 1.30. The maximum atomic E-state index is 5.98. The molecule has 98 valence electrons. The van der Waals surface area contributed by atoms with Gasteiger partial charge in [-0.2, -0.15) is 5.10 Å². The molecule has 0 saturated heterocycles. The van der Waals surface area contributed by atoms with Crippen molar-refractivity contribution < 1.29 is 0 Å². The van der Waals surface area contributed by atoms with Crippen LogP contribution in [0.4, 0.5) is 5.95 Å². The first-order chi connectivity index (χ1) is 9.13. The summed E-state index contributed by atoms with van der Waals surface area (Å²) in [5.41, 5.74) is 9.15. The number of nitrogen functional groups attached to an aromatic ring is 1. The summed E-state index contributed by atoms with van der Waals surface area (Å²) in [5.74, 6) is 1.35. The van der Waals surface area contributed by atoms with Crippen LogP contribution in [0.3, 0.4) is 0 Å². The van der Waals surface area contributed by atoms with Gasteiger partial charge >= 0.3 is 0 Å². The molecule has 3 rings (SSSR count). The molecule has 0 unspecified atom stereocenters. The quantitative estimate of drug-likeness (QED) is 0.766. The lowest BCUT2D eigenvalue weighted by Crippen LogP contribution is -2.06. The highest BCUT2D eigenvalue weighted by atomic mass is 15.3. The Balaban J connectivity index is 1.90. The number of aryl methyl sites for hydroxylation is 4. The lowest BCUT2D eigenvalue weighted by Gasteiger charge is -2.04. The molecule has 0 atom stereocenters. The van der Waals surface area contributed by atoms with Crippen LogP contribution in [0.2, 0.25) is 0 Å². The van der Waals surface area contributed by atoms with Crippen LogP contribution in [-0.2, 0) is 20.0 Å². The molecule has 0 aliphatic heterocycles. The summed E-state index contributed by atoms with van der Waals surface area (Å²) >= 11 is 0. The Kier molecular flexibility index (Phi) is 2.70. The monoisotopic (exact) mass is 256 g/mol. The van der Waals surface area contributed by atoms with Crippen LogP contribution in [0.15, 0.2) is 24.5 Å². The van der Waals surface area contributed by atoms with Crippen molar-refractivity contribution in [2.45, 2.75) is 19.9 Å². The van der Waals surface area contributed by atoms with Crippen LogP contribution in [0, 0.1) is 6.92 Å². The molecule has 0 spiro atoms. The number of benzene rings is 1. The number of imidazole rings is 1. The maximum Gasteiger partial charge on any atom is 0.201 e. The topological polar surface area (TPSA) is 74.5 Å². The predicted molar refractivity (Wildman–Crippen MR) is 73.6 cm³/mol. The van der Waals surface area contributed by atoms with E-state index in [1.807, 2.05) is 24.6 Å². The Morgan fingerprint density at radius 2 is 2.16 bits per heavy atom. The summed E-state index contributed by atoms with van der Waals surface area (Å²) in [6.45, 7) is 2.78. The largest absolute Gasteiger partial charge is 0.369 e. The van der Waals surface area contributed by atoms with Gasteiger partial charge in [0.15, 0.2) is 5.82 Å². The van der Waals surface area contributed by atoms with E-state index < -0.39 is 0 Å². The number of rotatable bonds is 3. The van der Waals surface area contributed by atoms with Gasteiger partial charge in [-0.1, -0.05) is 6.07 Å². The van der Waals surface area contributed by atoms with Gasteiger partial charge in [-0.05, 0) is 24.6 Å². The fraction of sp³-hybridized carbons (Fsp3) is 0.308. The second kappa shape index (κ2) is 4.38. The van der Waals surface area contributed by atoms with Crippen LogP contribution in [-0.4, -0.2) is 24.3 Å². The molecule has 0 amide bonds. The van der Waals surface area contributed by atoms with Gasteiger partial charge in [0.25, 0.3) is 0 Å². The number of nitrogens with zero attached hydrogens (tertiary/aromatic N) is 5. The minimum Gasteiger partial charge on any atom is -0.369 e. The minimum absolute atomic E-state index is 0.538. The molecule has 0 saturated carbocycles. The zero-order valence-corrected chi connectivity index (χ0v) is 11.0. The van der Waals surface area contributed by atoms with Crippen LogP contribution in [0.5, 0.6) is 0 Å². The van der Waals surface area contributed by atoms with Crippen LogP contribution in [0.25, 0.3) is 11.0 Å². The van der Waals surface area contributed by atoms with Crippen molar-refractivity contribution in [1.82, 2.24) is 24.3 Å². The Morgan fingerprint density at radius 3 is 2.89 bits per heavy atom. The summed E-state index contributed by atoms with van der Waals surface area (Å²) in [4.78, 5) is 8.60. The first-order valence-corrected chi connectivity index (χ1v) is 6.20. The average Bonchev–Trinajstić information content (AvgIpc) is 2.89. The molecule has 2 heterocycles. The second-order valence-electron chi connectivity index (χ2n) is 4.70. The molecule has 2 aromatic heterocycles. The zero-order chi connectivity index (χ0) is 13.4. The van der Waals surface area contributed by atoms with Gasteiger partial charge in [0, 0.05) is 20.0 Å². The van der Waals surface area contributed by atoms with Crippen molar-refractivity contribution in [2.24, 2.45) is 7.05 Å². The van der Waals surface area contributed by atoms with E-state index in [1.54, 1.807) is 11.0 Å². The molecule has 6 heteroatoms. The van der Waals surface area contributed by atoms with E-state index >= 15 is 0 Å². The molecule has 6 nitrogen and oxygen atoms in total. The Hall–Kier alpha value is -2.37. The van der Waals surface area contributed by atoms with Gasteiger partial charge in [-0.25, -0.2) is 9.97 Å². The molecular formula is C13H16N6. The number of aromatic nitrogens is 5. The highest BCUT2D eigenvalue weighted by molar-refractivity contribution is 5.79. The molecule has 3 aromatic rings. The van der Waals surface area contributed by atoms with Gasteiger partial charge < -0.3 is 10.3 Å². The number of hydrogen-bond acceptors (Lipinski definition) is 4. The fourth-order valence-corrected chi connectivity index (χ4v) is 2.20. The highest BCUT2D eigenvalue weighted by Gasteiger charge is 2.09. The summed E-state index contributed by atoms with van der Waals surface area (Å²) in [7, 11) is 1.86. The fourth-order valence-electron chi connectivity index (χ4n) is 2.20. The van der Waals surface area contributed by atoms with Crippen LogP contribution in [0.1, 0.15) is 11.4 Å². The molecule has 2 N–H and O–H groups in total. The first kappa shape index (κ1) is 11.7. The van der Waals surface area contributed by atoms with Gasteiger partial charge in [0.2, 0.25) is 5.95 Å². The van der Waals surface area contributed by atoms with Crippen molar-refractivity contribution >= 4 is 17.0 Å². The Bertz CT molecular complexity index is 724. The van der Waals surface area contributed by atoms with E-state index in [9.17, 15) is 0 Å². The van der Waals surface area contributed by atoms with Crippen LogP contribution >= 0.6 is 0 Å². The van der Waals surface area contributed by atoms with Gasteiger partial charge in [0.05, 0.1) is 11.0 Å². The summed E-state index contributed by atoms with van der Waals surface area (Å²) in [6.07, 6.45) is 2.44. The molecular weight excluding hydrogens is 240 g/mol. The average molecular weight is 256 g/mol. The van der Waals surface area contributed by atoms with Gasteiger partial charge in [-0.15, -0.1) is 0 Å². The standard InChI is InChI=1S/C13H16N6/c1-9-3-4-11-10(7-9)16-13(14)19(11)6-5-12-15-8-18(2)17-12/h3-4,7-8H,5-6H2,1-2H3,(H2,14,16). The Morgan fingerprint density at radius 1 is 1.32 bits per heavy atom. The smallest absolute Gasteiger partial charge is 0.201 e. The summed E-state index contributed by atoms with van der Waals surface area (Å²) in [6, 6.07) is 6.17. The van der Waals surface area contributed by atoms with Crippen LogP contribution < -0.4 is 5.73 Å². The molecule has 0 radical (unpaired) electrons. The number of fused-ring (bicyclic) bond motifs is 1. The first-order valence-electron chi connectivity index (χ1n) is 6.20. The molecule has 0 fully saturated rings. The zero-order valence-electron chi connectivity index (χ0n) is 11.0. The van der Waals surface area contributed by atoms with Gasteiger partial charge in [-0.3, -0.25) is 4.68 Å². The minimum atomic E-state index is 0.538. The van der Waals surface area contributed by atoms with E-state index in [0.29, 0.717) is 5.95 Å². The van der Waals surface area contributed by atoms with Gasteiger partial charge in [0.1, 0.15) is 6.33 Å². The Labute approximate surface area is 110 Å². The lowest BCUT2D eigenvalue weighted by molar-refractivity contribution is 0.677. The lowest BCUT2D eigenvalue weighted by atomic mass is 10.2. The molecule has 0 aliphatic rings. The maximum absolute atomic E-state index is 5.98. The van der Waals surface area contributed by atoms with E-state index in [4.69, 9.17) is 5.73 Å². The summed E-state index contributed by atoms with van der Waals surface area (Å²) in [5, 5.41) is 4.26. The van der Waals surface area contributed by atoms with E-state index in [2.05, 4.69) is 27.2 Å². The van der Waals surface area contributed by atoms with Crippen molar-refractivity contribution in [3.05, 3.63) is 35.9 Å². The third kappa shape index (κ3) is 2.16. The number of nitrogens with two attached hydrogens (primary N) is 1. The molecule has 0 aliphatic carbocycles. The van der Waals surface area contributed by atoms with E-state index in [-0.39, 0.29) is 0 Å². The number of anilines is 1. The third-order valence-electron chi connectivity index (χ3n) is 3.14. The molecule has 1 aromatic carbocycles. The van der Waals surface area contributed by atoms with Crippen molar-refractivity contribution in [2.75, 3.05) is 5.73 Å². The van der Waals surface area contributed by atoms with Crippen molar-refractivity contribution in [3.8, 4) is 0 Å². The van der Waals surface area contributed by atoms with Crippen molar-refractivity contribution in [3.63, 3.8) is 0 Å². The third-order valence-corrected chi connectivity index (χ3v) is 3.14. The van der Waals surface area contributed by atoms with E-state index in [0.717, 1.165) is 29.8 Å². The number of hydrogen-bond donors (Lipinski definition) is 1. The normalized spacial score (nSPS) is 11.3. The SMILES string of the molecule is Cc1ccc2c(c1)nc(N)n2CCc1ncn(C)n1. The second-order valence-corrected chi connectivity index (χ2v) is 4.70. The summed E-state index contributed by atoms with van der Waals surface area (Å²) < 4.78 is 3.71. The van der Waals surface area contributed by atoms with Crippen molar-refractivity contribution in [1.29, 1.82) is 0 Å². The molecule has 0 bridgehead atoms. The van der Waals surface area contributed by atoms with E-state index in [1.165, 1.54) is 5.56 Å². The highest BCUT2D eigenvalue weighted by Crippen LogP contribution is 2.19. The molecule has 19 heavy (non-hydrogen) atoms.